The van der Waals surface area contributed by atoms with Crippen molar-refractivity contribution in [1.29, 1.82) is 0 Å². The van der Waals surface area contributed by atoms with Crippen molar-refractivity contribution < 1.29 is 44.7 Å². The molecule has 4 rings (SSSR count). The molecule has 1 saturated carbocycles. The Kier molecular flexibility index (Phi) is 6.39. The molecule has 3 aliphatic rings. The Bertz CT molecular complexity index is 1350. The number of hydrogen-bond acceptors (Lipinski definition) is 11. The maximum Gasteiger partial charge on any atom is 0.255 e. The highest BCUT2D eigenvalue weighted by Gasteiger charge is 2.68. The summed E-state index contributed by atoms with van der Waals surface area (Å²) in [5, 5.41) is 58.8. The second-order valence-electron chi connectivity index (χ2n) is 10.3. The first-order valence-corrected chi connectivity index (χ1v) is 11.8. The number of phenols is 1. The molecule has 10 N–H and O–H groups in total. The third-order valence-electron chi connectivity index (χ3n) is 7.80. The van der Waals surface area contributed by atoms with Crippen molar-refractivity contribution in [2.45, 2.75) is 43.6 Å². The number of likely N-dealkylation sites (N-methyl/N-ethyl adjacent to an activating group) is 1. The number of phenolic OH excluding ortho intramolecular Hbond substituents is 1. The van der Waals surface area contributed by atoms with E-state index in [0.29, 0.717) is 5.56 Å². The summed E-state index contributed by atoms with van der Waals surface area (Å²) >= 11 is 0. The number of rotatable bonds is 4. The fourth-order valence-corrected chi connectivity index (χ4v) is 5.96. The van der Waals surface area contributed by atoms with Crippen molar-refractivity contribution in [3.63, 3.8) is 0 Å². The minimum atomic E-state index is -3.00. The van der Waals surface area contributed by atoms with Gasteiger partial charge < -0.3 is 42.3 Å². The van der Waals surface area contributed by atoms with E-state index in [1.807, 2.05) is 0 Å². The summed E-state index contributed by atoms with van der Waals surface area (Å²) in [5.74, 6) is -10.6. The number of carbonyl (C=O) groups excluding carboxylic acids is 4. The zero-order valence-corrected chi connectivity index (χ0v) is 21.1. The van der Waals surface area contributed by atoms with Gasteiger partial charge in [0, 0.05) is 11.5 Å². The lowest BCUT2D eigenvalue weighted by Crippen LogP contribution is -2.70. The van der Waals surface area contributed by atoms with Gasteiger partial charge in [0.1, 0.15) is 22.8 Å². The lowest BCUT2D eigenvalue weighted by molar-refractivity contribution is -0.169. The van der Waals surface area contributed by atoms with Crippen molar-refractivity contribution in [3.8, 4) is 5.75 Å². The summed E-state index contributed by atoms with van der Waals surface area (Å²) in [4.78, 5) is 52.5. The predicted octanol–water partition coefficient (Wildman–Crippen LogP) is -1.22. The Morgan fingerprint density at radius 1 is 1.16 bits per heavy atom. The lowest BCUT2D eigenvalue weighted by Gasteiger charge is -2.53. The molecule has 0 aromatic heterocycles. The van der Waals surface area contributed by atoms with Crippen molar-refractivity contribution in [2.75, 3.05) is 19.4 Å². The molecule has 0 radical (unpaired) electrons. The maximum atomic E-state index is 13.9. The van der Waals surface area contributed by atoms with E-state index in [1.54, 1.807) is 6.92 Å². The highest BCUT2D eigenvalue weighted by atomic mass is 16.4. The number of aliphatic hydroxyl groups is 4. The van der Waals surface area contributed by atoms with Gasteiger partial charge in [0.25, 0.3) is 5.91 Å². The van der Waals surface area contributed by atoms with Gasteiger partial charge >= 0.3 is 0 Å². The first kappa shape index (κ1) is 27.3. The number of nitrogens with two attached hydrogens (primary N) is 2. The Morgan fingerprint density at radius 2 is 1.76 bits per heavy atom. The molecule has 1 fully saturated rings. The van der Waals surface area contributed by atoms with Gasteiger partial charge in [-0.15, -0.1) is 0 Å². The fourth-order valence-electron chi connectivity index (χ4n) is 5.96. The number of anilines is 1. The van der Waals surface area contributed by atoms with Crippen LogP contribution in [0.15, 0.2) is 29.0 Å². The van der Waals surface area contributed by atoms with Gasteiger partial charge in [0.2, 0.25) is 11.7 Å². The highest BCUT2D eigenvalue weighted by molar-refractivity contribution is 6.24. The first-order valence-electron chi connectivity index (χ1n) is 11.8. The van der Waals surface area contributed by atoms with E-state index in [1.165, 1.54) is 38.1 Å². The van der Waals surface area contributed by atoms with Crippen molar-refractivity contribution in [1.82, 2.24) is 4.90 Å². The number of primary amides is 1. The summed E-state index contributed by atoms with van der Waals surface area (Å²) in [7, 11) is 2.86. The van der Waals surface area contributed by atoms with Crippen LogP contribution in [-0.4, -0.2) is 91.7 Å². The Labute approximate surface area is 217 Å². The van der Waals surface area contributed by atoms with Gasteiger partial charge in [0.15, 0.2) is 11.4 Å². The quantitative estimate of drug-likeness (QED) is 0.170. The summed E-state index contributed by atoms with van der Waals surface area (Å²) in [6, 6.07) is 0.505. The molecule has 204 valence electrons. The molecule has 7 atom stereocenters. The monoisotopic (exact) mass is 530 g/mol. The molecule has 2 amide bonds. The lowest BCUT2D eigenvalue weighted by atomic mass is 9.54. The highest BCUT2D eigenvalue weighted by Crippen LogP contribution is 2.56. The molecule has 1 aromatic carbocycles. The number of nitrogens with zero attached hydrogens (tertiary/aromatic N) is 1. The van der Waals surface area contributed by atoms with E-state index in [0.717, 1.165) is 0 Å². The topological polar surface area (TPSA) is 237 Å². The summed E-state index contributed by atoms with van der Waals surface area (Å²) < 4.78 is 0. The maximum absolute atomic E-state index is 13.9. The standard InChI is InChI=1S/C25H30N4O9/c1-7-9-5-6-10(28-24(37)8(2)26)17(30)12(9)18(31)13-11(7)19(32)15-16(29(3)4)20(33)14(23(27)36)22(35)25(15,38)21(13)34/h5-8,11,15-16,19,30-32,35,38H,26H2,1-4H3,(H2,27,36)(H,28,37)/t7-,8-,11?,15?,16-,19-,25-/m0/s1. The van der Waals surface area contributed by atoms with Crippen LogP contribution in [-0.2, 0) is 19.2 Å². The largest absolute Gasteiger partial charge is 0.508 e. The number of amides is 2. The first-order chi connectivity index (χ1) is 17.6. The Morgan fingerprint density at radius 3 is 2.29 bits per heavy atom. The Balaban J connectivity index is 1.99. The number of ketones is 2. The molecule has 1 aromatic rings. The molecule has 2 unspecified atom stereocenters. The SMILES string of the molecule is C[C@H](N)C(=O)Nc1ccc2c(c1O)C(O)=C1C(=O)[C@]3(O)C(O)=C(C(N)=O)C(=O)[C@@H](N(C)C)C3[C@@H](O)C1[C@H]2C. The van der Waals surface area contributed by atoms with E-state index >= 15 is 0 Å². The third-order valence-corrected chi connectivity index (χ3v) is 7.80. The molecule has 3 aliphatic carbocycles. The number of nitrogens with one attached hydrogen (secondary N) is 1. The predicted molar refractivity (Wildman–Crippen MR) is 133 cm³/mol. The number of carbonyl (C=O) groups is 4. The fraction of sp³-hybridized carbons (Fsp3) is 0.440. The molecule has 13 heteroatoms. The van der Waals surface area contributed by atoms with Gasteiger partial charge in [-0.2, -0.15) is 0 Å². The average molecular weight is 531 g/mol. The van der Waals surface area contributed by atoms with E-state index in [2.05, 4.69) is 5.32 Å². The molecule has 13 nitrogen and oxygen atoms in total. The number of aliphatic hydroxyl groups excluding tert-OH is 3. The molecule has 0 spiro atoms. The second-order valence-corrected chi connectivity index (χ2v) is 10.3. The van der Waals surface area contributed by atoms with E-state index in [-0.39, 0.29) is 11.3 Å². The van der Waals surface area contributed by atoms with Crippen LogP contribution in [0, 0.1) is 11.8 Å². The number of fused-ring (bicyclic) bond motifs is 3. The molecule has 0 aliphatic heterocycles. The number of Topliss-reactive ketones (excluding diaryl/α,β-unsaturated/α-hetero) is 2. The van der Waals surface area contributed by atoms with Crippen molar-refractivity contribution >= 4 is 34.8 Å². The molecule has 0 bridgehead atoms. The van der Waals surface area contributed by atoms with Crippen LogP contribution in [0.25, 0.3) is 5.76 Å². The van der Waals surface area contributed by atoms with Gasteiger partial charge in [-0.25, -0.2) is 0 Å². The minimum absolute atomic E-state index is 0.112. The molecule has 0 saturated heterocycles. The van der Waals surface area contributed by atoms with Crippen molar-refractivity contribution in [3.05, 3.63) is 40.2 Å². The zero-order chi connectivity index (χ0) is 28.6. The molecule has 38 heavy (non-hydrogen) atoms. The minimum Gasteiger partial charge on any atom is -0.508 e. The second kappa shape index (κ2) is 8.91. The van der Waals surface area contributed by atoms with E-state index < -0.39 is 93.3 Å². The van der Waals surface area contributed by atoms with Crippen LogP contribution in [0.1, 0.15) is 30.9 Å². The van der Waals surface area contributed by atoms with E-state index in [4.69, 9.17) is 11.5 Å². The molecular weight excluding hydrogens is 500 g/mol. The summed E-state index contributed by atoms with van der Waals surface area (Å²) in [6.07, 6.45) is -1.69. The van der Waals surface area contributed by atoms with Crippen LogP contribution >= 0.6 is 0 Å². The number of hydrogen-bond donors (Lipinski definition) is 8. The normalized spacial score (nSPS) is 31.5. The van der Waals surface area contributed by atoms with Crippen LogP contribution < -0.4 is 16.8 Å². The third kappa shape index (κ3) is 3.46. The molecular formula is C25H30N4O9. The van der Waals surface area contributed by atoms with Crippen molar-refractivity contribution in [2.24, 2.45) is 23.3 Å². The van der Waals surface area contributed by atoms with Crippen LogP contribution in [0.3, 0.4) is 0 Å². The summed E-state index contributed by atoms with van der Waals surface area (Å²) in [5.41, 5.74) is 6.31. The smallest absolute Gasteiger partial charge is 0.255 e. The average Bonchev–Trinajstić information content (AvgIpc) is 2.82. The van der Waals surface area contributed by atoms with Gasteiger partial charge in [0.05, 0.1) is 35.4 Å². The van der Waals surface area contributed by atoms with Gasteiger partial charge in [-0.05, 0) is 38.6 Å². The van der Waals surface area contributed by atoms with Crippen LogP contribution in [0.4, 0.5) is 5.69 Å². The van der Waals surface area contributed by atoms with E-state index in [9.17, 15) is 44.7 Å². The van der Waals surface area contributed by atoms with Crippen LogP contribution in [0.5, 0.6) is 5.75 Å². The summed E-state index contributed by atoms with van der Waals surface area (Å²) in [6.45, 7) is 3.03. The van der Waals surface area contributed by atoms with Crippen LogP contribution in [0.2, 0.25) is 0 Å². The molecule has 0 heterocycles. The number of aromatic hydroxyl groups is 1. The Hall–Kier alpha value is -3.78. The zero-order valence-electron chi connectivity index (χ0n) is 21.1. The number of benzene rings is 1. The van der Waals surface area contributed by atoms with Gasteiger partial charge in [-0.3, -0.25) is 24.1 Å². The van der Waals surface area contributed by atoms with Gasteiger partial charge in [-0.1, -0.05) is 13.0 Å².